The van der Waals surface area contributed by atoms with E-state index in [0.717, 1.165) is 35.5 Å². The fraction of sp³-hybridized carbons (Fsp3) is 0.267. The molecule has 0 spiro atoms. The van der Waals surface area contributed by atoms with Crippen LogP contribution in [0.5, 0.6) is 0 Å². The minimum Gasteiger partial charge on any atom is -0.399 e. The van der Waals surface area contributed by atoms with Crippen LogP contribution in [0.25, 0.3) is 0 Å². The highest BCUT2D eigenvalue weighted by Gasteiger charge is 2.12. The monoisotopic (exact) mass is 353 g/mol. The molecular formula is C15H17BrClN3. The van der Waals surface area contributed by atoms with Gasteiger partial charge in [0.15, 0.2) is 0 Å². The van der Waals surface area contributed by atoms with Crippen LogP contribution in [0.1, 0.15) is 18.9 Å². The van der Waals surface area contributed by atoms with Crippen molar-refractivity contribution in [1.82, 2.24) is 4.98 Å². The number of benzene rings is 1. The second kappa shape index (κ2) is 6.95. The average molecular weight is 355 g/mol. The number of rotatable bonds is 5. The Morgan fingerprint density at radius 2 is 2.15 bits per heavy atom. The molecule has 1 aromatic carbocycles. The molecule has 2 N–H and O–H groups in total. The second-order valence-corrected chi connectivity index (χ2v) is 5.92. The molecule has 0 aliphatic heterocycles. The zero-order valence-corrected chi connectivity index (χ0v) is 13.7. The van der Waals surface area contributed by atoms with Gasteiger partial charge in [-0.25, -0.2) is 4.98 Å². The van der Waals surface area contributed by atoms with E-state index in [1.54, 1.807) is 6.20 Å². The van der Waals surface area contributed by atoms with Crippen molar-refractivity contribution in [3.63, 3.8) is 0 Å². The molecule has 0 aliphatic carbocycles. The predicted octanol–water partition coefficient (Wildman–Crippen LogP) is 4.50. The second-order valence-electron chi connectivity index (χ2n) is 4.63. The summed E-state index contributed by atoms with van der Waals surface area (Å²) in [5, 5.41) is 0.626. The Kier molecular flexibility index (Phi) is 5.26. The van der Waals surface area contributed by atoms with Crippen LogP contribution in [-0.2, 0) is 6.54 Å². The van der Waals surface area contributed by atoms with E-state index in [1.165, 1.54) is 5.56 Å². The number of pyridine rings is 1. The molecule has 106 valence electrons. The van der Waals surface area contributed by atoms with Gasteiger partial charge in [-0.1, -0.05) is 30.7 Å². The van der Waals surface area contributed by atoms with Crippen molar-refractivity contribution in [1.29, 1.82) is 0 Å². The summed E-state index contributed by atoms with van der Waals surface area (Å²) in [6.07, 6.45) is 2.71. The van der Waals surface area contributed by atoms with Crippen molar-refractivity contribution in [3.05, 3.63) is 51.6 Å². The van der Waals surface area contributed by atoms with Crippen LogP contribution in [0, 0.1) is 0 Å². The molecule has 0 aliphatic rings. The van der Waals surface area contributed by atoms with Crippen molar-refractivity contribution in [2.24, 2.45) is 0 Å². The molecule has 1 aromatic heterocycles. The summed E-state index contributed by atoms with van der Waals surface area (Å²) in [5.74, 6) is 0.902. The molecule has 1 heterocycles. The predicted molar refractivity (Wildman–Crippen MR) is 89.1 cm³/mol. The number of hydrogen-bond donors (Lipinski definition) is 1. The third-order valence-corrected chi connectivity index (χ3v) is 3.70. The first-order valence-electron chi connectivity index (χ1n) is 6.50. The summed E-state index contributed by atoms with van der Waals surface area (Å²) in [7, 11) is 0. The van der Waals surface area contributed by atoms with E-state index in [2.05, 4.69) is 38.8 Å². The first kappa shape index (κ1) is 15.1. The first-order valence-corrected chi connectivity index (χ1v) is 7.67. The molecule has 3 nitrogen and oxygen atoms in total. The molecule has 0 saturated heterocycles. The van der Waals surface area contributed by atoms with E-state index < -0.39 is 0 Å². The number of nitrogens with two attached hydrogens (primary N) is 1. The quantitative estimate of drug-likeness (QED) is 0.804. The Hall–Kier alpha value is -1.26. The van der Waals surface area contributed by atoms with E-state index in [-0.39, 0.29) is 0 Å². The average Bonchev–Trinajstić information content (AvgIpc) is 2.38. The van der Waals surface area contributed by atoms with Gasteiger partial charge in [0.25, 0.3) is 0 Å². The Labute approximate surface area is 132 Å². The fourth-order valence-corrected chi connectivity index (χ4v) is 2.97. The highest BCUT2D eigenvalue weighted by Crippen LogP contribution is 2.28. The largest absolute Gasteiger partial charge is 0.399 e. The lowest BCUT2D eigenvalue weighted by Gasteiger charge is -2.24. The molecule has 0 unspecified atom stereocenters. The topological polar surface area (TPSA) is 42.1 Å². The summed E-state index contributed by atoms with van der Waals surface area (Å²) in [6, 6.07) is 9.80. The van der Waals surface area contributed by atoms with Gasteiger partial charge in [0.2, 0.25) is 0 Å². The Morgan fingerprint density at radius 1 is 1.35 bits per heavy atom. The highest BCUT2D eigenvalue weighted by atomic mass is 79.9. The number of anilines is 2. The summed E-state index contributed by atoms with van der Waals surface area (Å²) in [5.41, 5.74) is 7.78. The highest BCUT2D eigenvalue weighted by molar-refractivity contribution is 9.10. The zero-order chi connectivity index (χ0) is 14.5. The van der Waals surface area contributed by atoms with Gasteiger partial charge in [0.1, 0.15) is 5.82 Å². The van der Waals surface area contributed by atoms with Crippen molar-refractivity contribution >= 4 is 39.0 Å². The Balaban J connectivity index is 2.26. The standard InChI is InChI=1S/C15H17BrClN3/c1-2-6-20(10-11-4-3-5-13(18)7-11)15-14(16)8-12(17)9-19-15/h3-5,7-9H,2,6,10,18H2,1H3. The van der Waals surface area contributed by atoms with Gasteiger partial charge in [-0.15, -0.1) is 0 Å². The molecule has 2 aromatic rings. The first-order chi connectivity index (χ1) is 9.60. The Morgan fingerprint density at radius 3 is 2.80 bits per heavy atom. The van der Waals surface area contributed by atoms with Crippen LogP contribution in [0.3, 0.4) is 0 Å². The summed E-state index contributed by atoms with van der Waals surface area (Å²) >= 11 is 9.48. The van der Waals surface area contributed by atoms with Crippen LogP contribution in [0.4, 0.5) is 11.5 Å². The molecule has 0 bridgehead atoms. The number of nitrogens with zero attached hydrogens (tertiary/aromatic N) is 2. The zero-order valence-electron chi connectivity index (χ0n) is 11.3. The summed E-state index contributed by atoms with van der Waals surface area (Å²) in [6.45, 7) is 3.84. The van der Waals surface area contributed by atoms with Crippen molar-refractivity contribution in [3.8, 4) is 0 Å². The normalized spacial score (nSPS) is 10.6. The third-order valence-electron chi connectivity index (χ3n) is 2.91. The smallest absolute Gasteiger partial charge is 0.143 e. The molecule has 0 saturated carbocycles. The van der Waals surface area contributed by atoms with E-state index in [1.807, 2.05) is 24.3 Å². The van der Waals surface area contributed by atoms with Gasteiger partial charge >= 0.3 is 0 Å². The maximum Gasteiger partial charge on any atom is 0.143 e. The van der Waals surface area contributed by atoms with Gasteiger partial charge in [0, 0.05) is 25.0 Å². The van der Waals surface area contributed by atoms with Gasteiger partial charge in [0.05, 0.1) is 9.50 Å². The minimum absolute atomic E-state index is 0.626. The molecule has 2 rings (SSSR count). The molecule has 20 heavy (non-hydrogen) atoms. The lowest BCUT2D eigenvalue weighted by Crippen LogP contribution is -2.24. The SMILES string of the molecule is CCCN(Cc1cccc(N)c1)c1ncc(Cl)cc1Br. The van der Waals surface area contributed by atoms with E-state index >= 15 is 0 Å². The summed E-state index contributed by atoms with van der Waals surface area (Å²) in [4.78, 5) is 6.65. The minimum atomic E-state index is 0.626. The van der Waals surface area contributed by atoms with Crippen LogP contribution in [0.2, 0.25) is 5.02 Å². The Bertz CT molecular complexity index is 589. The van der Waals surface area contributed by atoms with Gasteiger partial charge < -0.3 is 10.6 Å². The number of aromatic nitrogens is 1. The van der Waals surface area contributed by atoms with Gasteiger partial charge in [-0.3, -0.25) is 0 Å². The molecule has 0 radical (unpaired) electrons. The van der Waals surface area contributed by atoms with Crippen LogP contribution < -0.4 is 10.6 Å². The van der Waals surface area contributed by atoms with Crippen molar-refractivity contribution in [2.45, 2.75) is 19.9 Å². The molecule has 0 amide bonds. The fourth-order valence-electron chi connectivity index (χ4n) is 2.08. The molecule has 5 heteroatoms. The molecule has 0 atom stereocenters. The van der Waals surface area contributed by atoms with Gasteiger partial charge in [-0.2, -0.15) is 0 Å². The number of hydrogen-bond acceptors (Lipinski definition) is 3. The van der Waals surface area contributed by atoms with Crippen LogP contribution in [-0.4, -0.2) is 11.5 Å². The third kappa shape index (κ3) is 3.87. The van der Waals surface area contributed by atoms with Crippen molar-refractivity contribution < 1.29 is 0 Å². The summed E-state index contributed by atoms with van der Waals surface area (Å²) < 4.78 is 0.905. The number of halogens is 2. The van der Waals surface area contributed by atoms with Crippen LogP contribution in [0.15, 0.2) is 41.0 Å². The lowest BCUT2D eigenvalue weighted by atomic mass is 10.2. The lowest BCUT2D eigenvalue weighted by molar-refractivity contribution is 0.753. The maximum atomic E-state index is 5.95. The van der Waals surface area contributed by atoms with E-state index in [9.17, 15) is 0 Å². The molecular weight excluding hydrogens is 338 g/mol. The van der Waals surface area contributed by atoms with E-state index in [4.69, 9.17) is 17.3 Å². The van der Waals surface area contributed by atoms with Crippen LogP contribution >= 0.6 is 27.5 Å². The van der Waals surface area contributed by atoms with E-state index in [0.29, 0.717) is 5.02 Å². The molecule has 0 fully saturated rings. The van der Waals surface area contributed by atoms with Crippen molar-refractivity contribution in [2.75, 3.05) is 17.2 Å². The number of nitrogen functional groups attached to an aromatic ring is 1. The maximum absolute atomic E-state index is 5.95. The van der Waals surface area contributed by atoms with Gasteiger partial charge in [-0.05, 0) is 46.1 Å².